The fourth-order valence-electron chi connectivity index (χ4n) is 2.01. The molecule has 5 heteroatoms. The van der Waals surface area contributed by atoms with Crippen molar-refractivity contribution in [2.45, 2.75) is 37.8 Å². The van der Waals surface area contributed by atoms with Gasteiger partial charge < -0.3 is 15.0 Å². The van der Waals surface area contributed by atoms with E-state index in [0.717, 1.165) is 12.8 Å². The van der Waals surface area contributed by atoms with E-state index in [9.17, 15) is 9.59 Å². The normalized spacial score (nSPS) is 25.7. The maximum Gasteiger partial charge on any atom is 0.325 e. The van der Waals surface area contributed by atoms with Gasteiger partial charge in [0.2, 0.25) is 5.91 Å². The van der Waals surface area contributed by atoms with E-state index in [0.29, 0.717) is 12.6 Å². The molecule has 1 saturated carbocycles. The molecule has 0 bridgehead atoms. The molecule has 0 aromatic carbocycles. The number of carbonyl (C=O) groups is 2. The van der Waals surface area contributed by atoms with Crippen molar-refractivity contribution < 1.29 is 14.3 Å². The van der Waals surface area contributed by atoms with Crippen molar-refractivity contribution >= 4 is 11.9 Å². The van der Waals surface area contributed by atoms with Gasteiger partial charge in [-0.2, -0.15) is 0 Å². The monoisotopic (exact) mass is 226 g/mol. The highest BCUT2D eigenvalue weighted by molar-refractivity contribution is 5.86. The van der Waals surface area contributed by atoms with Crippen LogP contribution in [0.2, 0.25) is 0 Å². The van der Waals surface area contributed by atoms with Crippen LogP contribution in [0.3, 0.4) is 0 Å². The minimum Gasteiger partial charge on any atom is -0.468 e. The quantitative estimate of drug-likeness (QED) is 0.680. The van der Waals surface area contributed by atoms with E-state index in [1.165, 1.54) is 20.0 Å². The molecule has 0 radical (unpaired) electrons. The smallest absolute Gasteiger partial charge is 0.325 e. The van der Waals surface area contributed by atoms with Gasteiger partial charge in [0, 0.05) is 12.6 Å². The SMILES string of the molecule is COC(=O)CN1CCCC(NC2CC2)C1=O. The molecule has 1 aliphatic heterocycles. The molecule has 1 amide bonds. The van der Waals surface area contributed by atoms with Gasteiger partial charge in [-0.15, -0.1) is 0 Å². The number of nitrogens with one attached hydrogen (secondary N) is 1. The van der Waals surface area contributed by atoms with Crippen molar-refractivity contribution in [3.05, 3.63) is 0 Å². The van der Waals surface area contributed by atoms with Gasteiger partial charge in [-0.3, -0.25) is 9.59 Å². The van der Waals surface area contributed by atoms with E-state index in [2.05, 4.69) is 10.1 Å². The molecule has 0 aromatic heterocycles. The van der Waals surface area contributed by atoms with E-state index in [-0.39, 0.29) is 24.5 Å². The Labute approximate surface area is 95.1 Å². The van der Waals surface area contributed by atoms with Crippen LogP contribution in [0.5, 0.6) is 0 Å². The molecule has 1 saturated heterocycles. The van der Waals surface area contributed by atoms with Crippen LogP contribution in [0, 0.1) is 0 Å². The minimum absolute atomic E-state index is 0.0450. The van der Waals surface area contributed by atoms with Crippen LogP contribution in [0.25, 0.3) is 0 Å². The van der Waals surface area contributed by atoms with Gasteiger partial charge in [-0.05, 0) is 25.7 Å². The van der Waals surface area contributed by atoms with Crippen molar-refractivity contribution in [1.82, 2.24) is 10.2 Å². The minimum atomic E-state index is -0.347. The maximum atomic E-state index is 12.0. The summed E-state index contributed by atoms with van der Waals surface area (Å²) in [7, 11) is 1.34. The van der Waals surface area contributed by atoms with E-state index in [4.69, 9.17) is 0 Å². The molecule has 2 aliphatic rings. The second-order valence-electron chi connectivity index (χ2n) is 4.47. The number of rotatable bonds is 4. The first-order valence-corrected chi connectivity index (χ1v) is 5.82. The van der Waals surface area contributed by atoms with E-state index in [1.807, 2.05) is 0 Å². The molecular weight excluding hydrogens is 208 g/mol. The molecule has 0 spiro atoms. The number of methoxy groups -OCH3 is 1. The van der Waals surface area contributed by atoms with Crippen LogP contribution in [0.1, 0.15) is 25.7 Å². The number of hydrogen-bond acceptors (Lipinski definition) is 4. The van der Waals surface area contributed by atoms with Gasteiger partial charge in [-0.1, -0.05) is 0 Å². The predicted octanol–water partition coefficient (Wildman–Crippen LogP) is -0.0976. The lowest BCUT2D eigenvalue weighted by atomic mass is 10.0. The van der Waals surface area contributed by atoms with Crippen LogP contribution in [-0.2, 0) is 14.3 Å². The molecule has 1 heterocycles. The summed E-state index contributed by atoms with van der Waals surface area (Å²) in [5.74, 6) is -0.302. The molecular formula is C11H18N2O3. The summed E-state index contributed by atoms with van der Waals surface area (Å²) in [6.45, 7) is 0.745. The Hall–Kier alpha value is -1.10. The lowest BCUT2D eigenvalue weighted by molar-refractivity contribution is -0.149. The first-order valence-electron chi connectivity index (χ1n) is 5.82. The molecule has 1 aliphatic carbocycles. The third-order valence-electron chi connectivity index (χ3n) is 3.09. The second-order valence-corrected chi connectivity index (χ2v) is 4.47. The largest absolute Gasteiger partial charge is 0.468 e. The first kappa shape index (κ1) is 11.4. The van der Waals surface area contributed by atoms with E-state index >= 15 is 0 Å². The molecule has 1 atom stereocenters. The average molecular weight is 226 g/mol. The zero-order chi connectivity index (χ0) is 11.5. The molecule has 2 rings (SSSR count). The number of piperidine rings is 1. The zero-order valence-electron chi connectivity index (χ0n) is 9.57. The fourth-order valence-corrected chi connectivity index (χ4v) is 2.01. The third-order valence-corrected chi connectivity index (χ3v) is 3.09. The summed E-state index contributed by atoms with van der Waals surface area (Å²) in [4.78, 5) is 24.7. The maximum absolute atomic E-state index is 12.0. The summed E-state index contributed by atoms with van der Waals surface area (Å²) in [5, 5.41) is 3.32. The number of amides is 1. The van der Waals surface area contributed by atoms with Crippen molar-refractivity contribution in [1.29, 1.82) is 0 Å². The average Bonchev–Trinajstić information content (AvgIpc) is 3.07. The highest BCUT2D eigenvalue weighted by Gasteiger charge is 2.33. The third kappa shape index (κ3) is 2.72. The Bertz CT molecular complexity index is 289. The molecule has 5 nitrogen and oxygen atoms in total. The van der Waals surface area contributed by atoms with Crippen molar-refractivity contribution in [3.63, 3.8) is 0 Å². The Balaban J connectivity index is 1.87. The predicted molar refractivity (Wildman–Crippen MR) is 57.8 cm³/mol. The number of carbonyl (C=O) groups excluding carboxylic acids is 2. The van der Waals surface area contributed by atoms with Crippen molar-refractivity contribution in [2.24, 2.45) is 0 Å². The lowest BCUT2D eigenvalue weighted by Gasteiger charge is -2.31. The lowest BCUT2D eigenvalue weighted by Crippen LogP contribution is -2.52. The van der Waals surface area contributed by atoms with Gasteiger partial charge in [0.15, 0.2) is 0 Å². The summed E-state index contributed by atoms with van der Waals surface area (Å²) >= 11 is 0. The number of ether oxygens (including phenoxy) is 1. The van der Waals surface area contributed by atoms with E-state index in [1.54, 1.807) is 4.90 Å². The molecule has 1 N–H and O–H groups in total. The van der Waals surface area contributed by atoms with Crippen LogP contribution >= 0.6 is 0 Å². The number of hydrogen-bond donors (Lipinski definition) is 1. The first-order chi connectivity index (χ1) is 7.70. The Kier molecular flexibility index (Phi) is 3.43. The Morgan fingerprint density at radius 3 is 2.88 bits per heavy atom. The number of nitrogens with zero attached hydrogens (tertiary/aromatic N) is 1. The van der Waals surface area contributed by atoms with Crippen LogP contribution < -0.4 is 5.32 Å². The zero-order valence-corrected chi connectivity index (χ0v) is 9.57. The van der Waals surface area contributed by atoms with Crippen LogP contribution in [-0.4, -0.2) is 49.1 Å². The molecule has 2 fully saturated rings. The summed E-state index contributed by atoms with van der Waals surface area (Å²) in [5.41, 5.74) is 0. The number of likely N-dealkylation sites (tertiary alicyclic amines) is 1. The molecule has 16 heavy (non-hydrogen) atoms. The fraction of sp³-hybridized carbons (Fsp3) is 0.818. The van der Waals surface area contributed by atoms with Gasteiger partial charge in [0.05, 0.1) is 13.2 Å². The molecule has 90 valence electrons. The molecule has 0 aromatic rings. The van der Waals surface area contributed by atoms with Crippen molar-refractivity contribution in [3.8, 4) is 0 Å². The van der Waals surface area contributed by atoms with Crippen LogP contribution in [0.4, 0.5) is 0 Å². The highest BCUT2D eigenvalue weighted by atomic mass is 16.5. The summed E-state index contributed by atoms with van der Waals surface area (Å²) in [6.07, 6.45) is 4.17. The summed E-state index contributed by atoms with van der Waals surface area (Å²) < 4.78 is 4.58. The second kappa shape index (κ2) is 4.82. The summed E-state index contributed by atoms with van der Waals surface area (Å²) in [6, 6.07) is 0.429. The van der Waals surface area contributed by atoms with Gasteiger partial charge in [-0.25, -0.2) is 0 Å². The van der Waals surface area contributed by atoms with Gasteiger partial charge in [0.1, 0.15) is 6.54 Å². The Morgan fingerprint density at radius 2 is 2.25 bits per heavy atom. The standard InChI is InChI=1S/C11H18N2O3/c1-16-10(14)7-13-6-2-3-9(11(13)15)12-8-4-5-8/h8-9,12H,2-7H2,1H3. The van der Waals surface area contributed by atoms with E-state index < -0.39 is 0 Å². The van der Waals surface area contributed by atoms with Crippen molar-refractivity contribution in [2.75, 3.05) is 20.2 Å². The highest BCUT2D eigenvalue weighted by Crippen LogP contribution is 2.22. The van der Waals surface area contributed by atoms with Crippen LogP contribution in [0.15, 0.2) is 0 Å². The van der Waals surface area contributed by atoms with Gasteiger partial charge in [0.25, 0.3) is 0 Å². The van der Waals surface area contributed by atoms with Gasteiger partial charge >= 0.3 is 5.97 Å². The molecule has 1 unspecified atom stereocenters. The Morgan fingerprint density at radius 1 is 1.50 bits per heavy atom. The topological polar surface area (TPSA) is 58.6 Å². The number of esters is 1.